The van der Waals surface area contributed by atoms with Crippen molar-refractivity contribution in [2.24, 2.45) is 17.6 Å². The molecule has 1 fully saturated rings. The van der Waals surface area contributed by atoms with Crippen LogP contribution in [0.1, 0.15) is 26.2 Å². The summed E-state index contributed by atoms with van der Waals surface area (Å²) in [5, 5.41) is 2.93. The van der Waals surface area contributed by atoms with Crippen LogP contribution >= 0.6 is 0 Å². The number of benzene rings is 1. The molecule has 0 saturated carbocycles. The molecule has 1 aromatic carbocycles. The van der Waals surface area contributed by atoms with Gasteiger partial charge in [-0.25, -0.2) is 12.8 Å². The number of carbonyl (C=O) groups excluding carboxylic acids is 2. The van der Waals surface area contributed by atoms with Gasteiger partial charge in [-0.1, -0.05) is 13.8 Å². The van der Waals surface area contributed by atoms with Crippen molar-refractivity contribution >= 4 is 21.5 Å². The van der Waals surface area contributed by atoms with Crippen molar-refractivity contribution in [2.45, 2.75) is 35.8 Å². The molecule has 1 aromatic rings. The molecule has 3 unspecified atom stereocenters. The van der Waals surface area contributed by atoms with E-state index in [4.69, 9.17) is 5.73 Å². The largest absolute Gasteiger partial charge is 0.368 e. The smallest absolute Gasteiger partial charge is 0.240 e. The monoisotopic (exact) mass is 383 g/mol. The Labute approximate surface area is 153 Å². The quantitative estimate of drug-likeness (QED) is 0.719. The zero-order valence-corrected chi connectivity index (χ0v) is 15.5. The molecule has 0 aliphatic carbocycles. The minimum atomic E-state index is -4.37. The zero-order chi connectivity index (χ0) is 19.5. The van der Waals surface area contributed by atoms with E-state index in [9.17, 15) is 22.4 Å². The molecule has 3 atom stereocenters. The van der Waals surface area contributed by atoms with Gasteiger partial charge in [0.25, 0.3) is 0 Å². The first-order valence-corrected chi connectivity index (χ1v) is 10.0. The molecule has 26 heavy (non-hydrogen) atoms. The normalized spacial score (nSPS) is 22.3. The van der Waals surface area contributed by atoms with Crippen LogP contribution in [0.15, 0.2) is 29.2 Å². The SMILES string of the molecule is [CH2]CC(C)C(C(N)=O)(C1CCCNCC1=O)S(=O)(=O)c1ccc(F)cc1. The number of nitrogens with two attached hydrogens (primary N) is 1. The Morgan fingerprint density at radius 1 is 1.42 bits per heavy atom. The number of nitrogens with one attached hydrogen (secondary N) is 1. The van der Waals surface area contributed by atoms with E-state index < -0.39 is 38.1 Å². The lowest BCUT2D eigenvalue weighted by atomic mass is 9.75. The molecular formula is C18H24FN2O4S. The Balaban J connectivity index is 2.75. The van der Waals surface area contributed by atoms with Crippen molar-refractivity contribution in [3.05, 3.63) is 37.0 Å². The number of primary amides is 1. The van der Waals surface area contributed by atoms with Gasteiger partial charge in [-0.05, 0) is 56.0 Å². The van der Waals surface area contributed by atoms with E-state index in [1.807, 2.05) is 0 Å². The number of rotatable bonds is 6. The second-order valence-electron chi connectivity index (χ2n) is 6.64. The van der Waals surface area contributed by atoms with Gasteiger partial charge in [0.2, 0.25) is 5.91 Å². The highest BCUT2D eigenvalue weighted by Gasteiger charge is 2.60. The van der Waals surface area contributed by atoms with Crippen LogP contribution < -0.4 is 11.1 Å². The third-order valence-electron chi connectivity index (χ3n) is 5.17. The van der Waals surface area contributed by atoms with Crippen molar-refractivity contribution in [3.8, 4) is 0 Å². The molecule has 0 aromatic heterocycles. The Kier molecular flexibility index (Phi) is 6.18. The Morgan fingerprint density at radius 3 is 2.58 bits per heavy atom. The third-order valence-corrected chi connectivity index (χ3v) is 7.84. The van der Waals surface area contributed by atoms with Crippen molar-refractivity contribution in [1.29, 1.82) is 0 Å². The average Bonchev–Trinajstić information content (AvgIpc) is 2.80. The van der Waals surface area contributed by atoms with Gasteiger partial charge in [-0.15, -0.1) is 0 Å². The van der Waals surface area contributed by atoms with Crippen LogP contribution in [0.5, 0.6) is 0 Å². The van der Waals surface area contributed by atoms with E-state index in [1.54, 1.807) is 6.92 Å². The van der Waals surface area contributed by atoms with Crippen molar-refractivity contribution in [3.63, 3.8) is 0 Å². The summed E-state index contributed by atoms with van der Waals surface area (Å²) in [5.74, 6) is -3.91. The van der Waals surface area contributed by atoms with E-state index >= 15 is 0 Å². The first-order valence-electron chi connectivity index (χ1n) is 8.52. The van der Waals surface area contributed by atoms with E-state index in [2.05, 4.69) is 12.2 Å². The van der Waals surface area contributed by atoms with Gasteiger partial charge in [0.05, 0.1) is 11.4 Å². The lowest BCUT2D eigenvalue weighted by Crippen LogP contribution is -2.62. The molecule has 1 radical (unpaired) electrons. The zero-order valence-electron chi connectivity index (χ0n) is 14.7. The van der Waals surface area contributed by atoms with Crippen LogP contribution in [0.25, 0.3) is 0 Å². The minimum Gasteiger partial charge on any atom is -0.368 e. The lowest BCUT2D eigenvalue weighted by Gasteiger charge is -2.40. The molecular weight excluding hydrogens is 359 g/mol. The van der Waals surface area contributed by atoms with Gasteiger partial charge in [-0.3, -0.25) is 9.59 Å². The number of hydrogen-bond donors (Lipinski definition) is 2. The van der Waals surface area contributed by atoms with Crippen molar-refractivity contribution < 1.29 is 22.4 Å². The number of halogens is 1. The molecule has 0 spiro atoms. The van der Waals surface area contributed by atoms with E-state index in [0.29, 0.717) is 13.0 Å². The third kappa shape index (κ3) is 3.27. The fraction of sp³-hybridized carbons (Fsp3) is 0.500. The highest BCUT2D eigenvalue weighted by molar-refractivity contribution is 7.93. The van der Waals surface area contributed by atoms with Crippen LogP contribution in [0.2, 0.25) is 0 Å². The van der Waals surface area contributed by atoms with Crippen molar-refractivity contribution in [1.82, 2.24) is 5.32 Å². The summed E-state index contributed by atoms with van der Waals surface area (Å²) < 4.78 is 38.2. The molecule has 143 valence electrons. The molecule has 1 amide bonds. The van der Waals surface area contributed by atoms with Crippen LogP contribution in [0.3, 0.4) is 0 Å². The fourth-order valence-electron chi connectivity index (χ4n) is 3.75. The number of ketones is 1. The Hall–Kier alpha value is -1.80. The Bertz CT molecular complexity index is 779. The molecule has 3 N–H and O–H groups in total. The molecule has 6 nitrogen and oxygen atoms in total. The predicted molar refractivity (Wildman–Crippen MR) is 95.2 cm³/mol. The van der Waals surface area contributed by atoms with E-state index in [0.717, 1.165) is 24.3 Å². The highest BCUT2D eigenvalue weighted by Crippen LogP contribution is 2.43. The van der Waals surface area contributed by atoms with Crippen LogP contribution in [-0.2, 0) is 19.4 Å². The summed E-state index contributed by atoms with van der Waals surface area (Å²) in [6.07, 6.45) is 0.856. The maximum atomic E-state index is 13.5. The molecule has 1 saturated heterocycles. The number of sulfone groups is 1. The first kappa shape index (κ1) is 20.5. The van der Waals surface area contributed by atoms with Crippen LogP contribution in [-0.4, -0.2) is 37.9 Å². The van der Waals surface area contributed by atoms with E-state index in [-0.39, 0.29) is 30.1 Å². The van der Waals surface area contributed by atoms with Crippen molar-refractivity contribution in [2.75, 3.05) is 13.1 Å². The van der Waals surface area contributed by atoms with Crippen LogP contribution in [0.4, 0.5) is 4.39 Å². The van der Waals surface area contributed by atoms with Gasteiger partial charge in [-0.2, -0.15) is 0 Å². The summed E-state index contributed by atoms with van der Waals surface area (Å²) >= 11 is 0. The number of amides is 1. The highest BCUT2D eigenvalue weighted by atomic mass is 32.2. The summed E-state index contributed by atoms with van der Waals surface area (Å²) in [7, 11) is -4.37. The van der Waals surface area contributed by atoms with Gasteiger partial charge in [0.15, 0.2) is 20.4 Å². The second-order valence-corrected chi connectivity index (χ2v) is 8.80. The minimum absolute atomic E-state index is 0.0253. The molecule has 1 aliphatic rings. The molecule has 0 bridgehead atoms. The standard InChI is InChI=1S/C18H24FN2O4S/c1-3-12(2)18(17(20)23,15-5-4-10-21-11-16(15)22)26(24,25)14-8-6-13(19)7-9-14/h6-9,12,15,21H,1,3-5,10-11H2,2H3,(H2,20,23). The van der Waals surface area contributed by atoms with Gasteiger partial charge >= 0.3 is 0 Å². The lowest BCUT2D eigenvalue weighted by molar-refractivity contribution is -0.131. The predicted octanol–water partition coefficient (Wildman–Crippen LogP) is 1.25. The van der Waals surface area contributed by atoms with Crippen LogP contribution in [0, 0.1) is 24.6 Å². The summed E-state index contributed by atoms with van der Waals surface area (Å²) in [6.45, 7) is 5.82. The van der Waals surface area contributed by atoms with Gasteiger partial charge < -0.3 is 11.1 Å². The average molecular weight is 383 g/mol. The number of carbonyl (C=O) groups is 2. The van der Waals surface area contributed by atoms with Gasteiger partial charge in [0.1, 0.15) is 5.82 Å². The summed E-state index contributed by atoms with van der Waals surface area (Å²) in [6, 6.07) is 4.20. The molecule has 1 aliphatic heterocycles. The second kappa shape index (κ2) is 7.84. The molecule has 1 heterocycles. The topological polar surface area (TPSA) is 106 Å². The maximum absolute atomic E-state index is 13.5. The maximum Gasteiger partial charge on any atom is 0.240 e. The van der Waals surface area contributed by atoms with E-state index in [1.165, 1.54) is 0 Å². The fourth-order valence-corrected chi connectivity index (χ4v) is 6.17. The molecule has 8 heteroatoms. The first-order chi connectivity index (χ1) is 12.2. The number of Topliss-reactive ketones (excluding diaryl/α,β-unsaturated/α-hetero) is 1. The number of hydrogen-bond acceptors (Lipinski definition) is 5. The molecule has 2 rings (SSSR count). The Morgan fingerprint density at radius 2 is 2.04 bits per heavy atom. The summed E-state index contributed by atoms with van der Waals surface area (Å²) in [4.78, 5) is 25.1. The van der Waals surface area contributed by atoms with Gasteiger partial charge in [0, 0.05) is 5.92 Å². The summed E-state index contributed by atoms with van der Waals surface area (Å²) in [5.41, 5.74) is 5.65.